The van der Waals surface area contributed by atoms with Gasteiger partial charge < -0.3 is 9.84 Å². The molecule has 1 N–H and O–H groups in total. The van der Waals surface area contributed by atoms with Gasteiger partial charge in [0.05, 0.1) is 5.76 Å². The van der Waals surface area contributed by atoms with E-state index in [9.17, 15) is 5.11 Å². The number of hydrogen-bond acceptors (Lipinski definition) is 2. The molecule has 2 bridgehead atoms. The Bertz CT molecular complexity index is 360. The Balaban J connectivity index is 1.76. The van der Waals surface area contributed by atoms with Gasteiger partial charge in [0.2, 0.25) is 5.79 Å². The van der Waals surface area contributed by atoms with Crippen molar-refractivity contribution in [3.63, 3.8) is 0 Å². The summed E-state index contributed by atoms with van der Waals surface area (Å²) < 4.78 is 6.09. The number of aliphatic hydroxyl groups is 1. The van der Waals surface area contributed by atoms with E-state index in [0.717, 1.165) is 25.7 Å². The van der Waals surface area contributed by atoms with Gasteiger partial charge in [0.15, 0.2) is 0 Å². The smallest absolute Gasteiger partial charge is 0.208 e. The van der Waals surface area contributed by atoms with E-state index < -0.39 is 5.79 Å². The fraction of sp³-hybridized carbons (Fsp3) is 0.889. The Morgan fingerprint density at radius 3 is 2.40 bits per heavy atom. The Kier molecular flexibility index (Phi) is 4.70. The SMILES string of the molecule is OC12CCCCCCCCCC(C1)C1=C(CCCC1)O2. The minimum absolute atomic E-state index is 0.600. The third-order valence-corrected chi connectivity index (χ3v) is 5.45. The molecule has 3 aliphatic rings. The van der Waals surface area contributed by atoms with E-state index in [0.29, 0.717) is 5.92 Å². The summed E-state index contributed by atoms with van der Waals surface area (Å²) in [5.74, 6) is 0.926. The van der Waals surface area contributed by atoms with Crippen LogP contribution in [0, 0.1) is 5.92 Å². The van der Waals surface area contributed by atoms with Gasteiger partial charge in [-0.1, -0.05) is 38.5 Å². The zero-order valence-corrected chi connectivity index (χ0v) is 12.8. The molecular formula is C18H30O2. The van der Waals surface area contributed by atoms with Gasteiger partial charge in [0.1, 0.15) is 0 Å². The van der Waals surface area contributed by atoms with E-state index in [4.69, 9.17) is 4.74 Å². The summed E-state index contributed by atoms with van der Waals surface area (Å²) in [6, 6.07) is 0. The molecule has 0 aromatic carbocycles. The van der Waals surface area contributed by atoms with Crippen LogP contribution in [0.3, 0.4) is 0 Å². The van der Waals surface area contributed by atoms with Crippen molar-refractivity contribution in [3.8, 4) is 0 Å². The average Bonchev–Trinajstić information content (AvgIpc) is 2.44. The largest absolute Gasteiger partial charge is 0.467 e. The lowest BCUT2D eigenvalue weighted by Crippen LogP contribution is -2.40. The van der Waals surface area contributed by atoms with Gasteiger partial charge in [-0.2, -0.15) is 0 Å². The number of ether oxygens (including phenoxy) is 1. The standard InChI is InChI=1S/C18H30O2/c19-18-13-9-5-3-1-2-4-6-10-15(14-18)16-11-7-8-12-17(16)20-18/h15,19H,1-14H2. The number of rotatable bonds is 0. The topological polar surface area (TPSA) is 29.5 Å². The molecule has 0 aromatic rings. The normalized spacial score (nSPS) is 36.4. The fourth-order valence-corrected chi connectivity index (χ4v) is 4.33. The van der Waals surface area contributed by atoms with Crippen LogP contribution in [0.15, 0.2) is 11.3 Å². The average molecular weight is 278 g/mol. The summed E-state index contributed by atoms with van der Waals surface area (Å²) in [7, 11) is 0. The summed E-state index contributed by atoms with van der Waals surface area (Å²) in [4.78, 5) is 0. The highest BCUT2D eigenvalue weighted by molar-refractivity contribution is 5.19. The van der Waals surface area contributed by atoms with Crippen LogP contribution < -0.4 is 0 Å². The van der Waals surface area contributed by atoms with E-state index in [-0.39, 0.29) is 0 Å². The molecule has 1 aliphatic heterocycles. The summed E-state index contributed by atoms with van der Waals surface area (Å²) in [6.45, 7) is 0. The minimum atomic E-state index is -0.847. The van der Waals surface area contributed by atoms with Crippen LogP contribution in [-0.4, -0.2) is 10.9 Å². The molecule has 2 aliphatic carbocycles. The van der Waals surface area contributed by atoms with Crippen molar-refractivity contribution in [2.24, 2.45) is 5.92 Å². The highest BCUT2D eigenvalue weighted by Gasteiger charge is 2.40. The molecule has 0 amide bonds. The molecule has 1 saturated carbocycles. The maximum atomic E-state index is 10.9. The van der Waals surface area contributed by atoms with Crippen LogP contribution in [-0.2, 0) is 4.74 Å². The van der Waals surface area contributed by atoms with Crippen LogP contribution in [0.5, 0.6) is 0 Å². The van der Waals surface area contributed by atoms with Gasteiger partial charge in [-0.25, -0.2) is 0 Å². The van der Waals surface area contributed by atoms with Gasteiger partial charge in [-0.15, -0.1) is 0 Å². The van der Waals surface area contributed by atoms with Crippen molar-refractivity contribution in [1.82, 2.24) is 0 Å². The van der Waals surface area contributed by atoms with Gasteiger partial charge >= 0.3 is 0 Å². The van der Waals surface area contributed by atoms with Crippen molar-refractivity contribution >= 4 is 0 Å². The van der Waals surface area contributed by atoms with Crippen molar-refractivity contribution < 1.29 is 9.84 Å². The first-order valence-corrected chi connectivity index (χ1v) is 8.90. The molecule has 2 heteroatoms. The monoisotopic (exact) mass is 278 g/mol. The minimum Gasteiger partial charge on any atom is -0.467 e. The predicted octanol–water partition coefficient (Wildman–Crippen LogP) is 5.06. The Hall–Kier alpha value is -0.500. The van der Waals surface area contributed by atoms with E-state index in [1.807, 2.05) is 0 Å². The molecule has 1 heterocycles. The van der Waals surface area contributed by atoms with E-state index in [1.54, 1.807) is 5.57 Å². The third-order valence-electron chi connectivity index (χ3n) is 5.45. The van der Waals surface area contributed by atoms with Crippen molar-refractivity contribution in [1.29, 1.82) is 0 Å². The van der Waals surface area contributed by atoms with Crippen LogP contribution in [0.4, 0.5) is 0 Å². The number of allylic oxidation sites excluding steroid dienone is 2. The maximum absolute atomic E-state index is 10.9. The summed E-state index contributed by atoms with van der Waals surface area (Å²) >= 11 is 0. The predicted molar refractivity (Wildman–Crippen MR) is 81.2 cm³/mol. The van der Waals surface area contributed by atoms with E-state index in [1.165, 1.54) is 70.0 Å². The molecule has 114 valence electrons. The van der Waals surface area contributed by atoms with Crippen molar-refractivity contribution in [2.45, 2.75) is 95.7 Å². The molecule has 0 radical (unpaired) electrons. The molecule has 0 saturated heterocycles. The molecule has 2 nitrogen and oxygen atoms in total. The molecule has 2 unspecified atom stereocenters. The van der Waals surface area contributed by atoms with E-state index in [2.05, 4.69) is 0 Å². The lowest BCUT2D eigenvalue weighted by molar-refractivity contribution is -0.206. The Morgan fingerprint density at radius 2 is 1.55 bits per heavy atom. The van der Waals surface area contributed by atoms with Crippen LogP contribution >= 0.6 is 0 Å². The van der Waals surface area contributed by atoms with Crippen LogP contribution in [0.2, 0.25) is 0 Å². The quantitative estimate of drug-likeness (QED) is 0.670. The van der Waals surface area contributed by atoms with Gasteiger partial charge in [0, 0.05) is 19.3 Å². The maximum Gasteiger partial charge on any atom is 0.208 e. The zero-order chi connectivity index (χ0) is 13.8. The molecule has 0 spiro atoms. The lowest BCUT2D eigenvalue weighted by Gasteiger charge is -2.42. The molecule has 2 atom stereocenters. The highest BCUT2D eigenvalue weighted by Crippen LogP contribution is 2.45. The van der Waals surface area contributed by atoms with Crippen molar-refractivity contribution in [3.05, 3.63) is 11.3 Å². The van der Waals surface area contributed by atoms with Gasteiger partial charge in [0.25, 0.3) is 0 Å². The van der Waals surface area contributed by atoms with Gasteiger partial charge in [-0.3, -0.25) is 0 Å². The summed E-state index contributed by atoms with van der Waals surface area (Å²) in [5, 5.41) is 10.9. The first kappa shape index (κ1) is 14.4. The number of hydrogen-bond donors (Lipinski definition) is 1. The zero-order valence-electron chi connectivity index (χ0n) is 12.8. The Labute approximate surface area is 123 Å². The third kappa shape index (κ3) is 3.39. The highest BCUT2D eigenvalue weighted by atomic mass is 16.6. The second-order valence-corrected chi connectivity index (χ2v) is 7.12. The van der Waals surface area contributed by atoms with Crippen LogP contribution in [0.25, 0.3) is 0 Å². The van der Waals surface area contributed by atoms with Crippen molar-refractivity contribution in [2.75, 3.05) is 0 Å². The Morgan fingerprint density at radius 1 is 0.850 bits per heavy atom. The molecular weight excluding hydrogens is 248 g/mol. The second-order valence-electron chi connectivity index (χ2n) is 7.12. The van der Waals surface area contributed by atoms with E-state index >= 15 is 0 Å². The first-order chi connectivity index (χ1) is 9.77. The molecule has 3 rings (SSSR count). The lowest BCUT2D eigenvalue weighted by atomic mass is 9.77. The first-order valence-electron chi connectivity index (χ1n) is 8.90. The summed E-state index contributed by atoms with van der Waals surface area (Å²) in [5.41, 5.74) is 1.57. The van der Waals surface area contributed by atoms with Crippen LogP contribution in [0.1, 0.15) is 89.9 Å². The fourth-order valence-electron chi connectivity index (χ4n) is 4.33. The molecule has 1 fully saturated rings. The van der Waals surface area contributed by atoms with Gasteiger partial charge in [-0.05, 0) is 43.6 Å². The second kappa shape index (κ2) is 6.51. The number of fused-ring (bicyclic) bond motifs is 3. The summed E-state index contributed by atoms with van der Waals surface area (Å²) in [6.07, 6.45) is 17.0. The molecule has 20 heavy (non-hydrogen) atoms. The molecule has 0 aromatic heterocycles.